The van der Waals surface area contributed by atoms with Crippen molar-refractivity contribution in [1.82, 2.24) is 10.2 Å². The van der Waals surface area contributed by atoms with E-state index in [1.54, 1.807) is 35.7 Å². The summed E-state index contributed by atoms with van der Waals surface area (Å²) in [6.07, 6.45) is 2.58. The molecule has 0 aliphatic carbocycles. The molecule has 1 aromatic carbocycles. The van der Waals surface area contributed by atoms with E-state index in [0.29, 0.717) is 24.4 Å². The Hall–Kier alpha value is -2.74. The highest BCUT2D eigenvalue weighted by Gasteiger charge is 2.57. The highest BCUT2D eigenvalue weighted by atomic mass is 32.2. The molecule has 2 aliphatic heterocycles. The van der Waals surface area contributed by atoms with Gasteiger partial charge in [0.2, 0.25) is 5.91 Å². The van der Waals surface area contributed by atoms with Crippen LogP contribution in [0.15, 0.2) is 53.1 Å². The van der Waals surface area contributed by atoms with Crippen LogP contribution in [0.3, 0.4) is 0 Å². The summed E-state index contributed by atoms with van der Waals surface area (Å²) in [5.74, 6) is 0.0364. The summed E-state index contributed by atoms with van der Waals surface area (Å²) < 4.78 is 10.5. The number of amides is 2. The normalized spacial score (nSPS) is 24.2. The molecule has 8 heteroatoms. The predicted molar refractivity (Wildman–Crippen MR) is 107 cm³/mol. The number of hydrogen-bond donors (Lipinski definition) is 1. The van der Waals surface area contributed by atoms with Gasteiger partial charge in [0.1, 0.15) is 16.7 Å². The van der Waals surface area contributed by atoms with Crippen molar-refractivity contribution in [1.29, 1.82) is 0 Å². The quantitative estimate of drug-likeness (QED) is 0.731. The number of nitrogens with zero attached hydrogens (tertiary/aromatic N) is 1. The van der Waals surface area contributed by atoms with E-state index >= 15 is 0 Å². The lowest BCUT2D eigenvalue weighted by atomic mass is 10.0. The van der Waals surface area contributed by atoms with Crippen LogP contribution in [-0.4, -0.2) is 41.1 Å². The zero-order valence-electron chi connectivity index (χ0n) is 16.0. The highest BCUT2D eigenvalue weighted by Crippen LogP contribution is 2.54. The monoisotopic (exact) mass is 414 g/mol. The van der Waals surface area contributed by atoms with Gasteiger partial charge in [0.05, 0.1) is 12.3 Å². The summed E-state index contributed by atoms with van der Waals surface area (Å²) in [7, 11) is 0. The third kappa shape index (κ3) is 3.64. The number of esters is 1. The van der Waals surface area contributed by atoms with Gasteiger partial charge in [0, 0.05) is 12.2 Å². The summed E-state index contributed by atoms with van der Waals surface area (Å²) in [5.41, 5.74) is 1.01. The number of hydrogen-bond acceptors (Lipinski definition) is 6. The number of thioether (sulfide) groups is 1. The van der Waals surface area contributed by atoms with E-state index in [-0.39, 0.29) is 11.9 Å². The van der Waals surface area contributed by atoms with E-state index in [9.17, 15) is 14.4 Å². The van der Waals surface area contributed by atoms with Gasteiger partial charge in [-0.1, -0.05) is 30.3 Å². The second kappa shape index (κ2) is 7.94. The maximum absolute atomic E-state index is 12.7. The van der Waals surface area contributed by atoms with Crippen LogP contribution in [0.2, 0.25) is 0 Å². The van der Waals surface area contributed by atoms with E-state index in [4.69, 9.17) is 9.15 Å². The van der Waals surface area contributed by atoms with Gasteiger partial charge in [-0.15, -0.1) is 11.8 Å². The van der Waals surface area contributed by atoms with Gasteiger partial charge in [0.25, 0.3) is 5.91 Å². The smallest absolute Gasteiger partial charge is 0.330 e. The van der Waals surface area contributed by atoms with Gasteiger partial charge in [-0.3, -0.25) is 9.59 Å². The van der Waals surface area contributed by atoms with Crippen molar-refractivity contribution < 1.29 is 23.5 Å². The van der Waals surface area contributed by atoms with E-state index < -0.39 is 29.4 Å². The van der Waals surface area contributed by atoms with Crippen molar-refractivity contribution in [2.75, 3.05) is 12.4 Å². The molecule has 2 fully saturated rings. The second-order valence-electron chi connectivity index (χ2n) is 7.15. The molecule has 1 N–H and O–H groups in total. The number of carbonyl (C=O) groups excluding carboxylic acids is 3. The zero-order valence-corrected chi connectivity index (χ0v) is 16.8. The van der Waals surface area contributed by atoms with Crippen molar-refractivity contribution in [2.45, 2.75) is 36.7 Å². The second-order valence-corrected chi connectivity index (χ2v) is 8.45. The highest BCUT2D eigenvalue weighted by molar-refractivity contribution is 8.00. The zero-order chi connectivity index (χ0) is 20.4. The molecule has 0 bridgehead atoms. The molecule has 0 spiro atoms. The van der Waals surface area contributed by atoms with Crippen LogP contribution in [0.25, 0.3) is 0 Å². The van der Waals surface area contributed by atoms with Gasteiger partial charge in [0.15, 0.2) is 6.61 Å². The van der Waals surface area contributed by atoms with Crippen molar-refractivity contribution >= 4 is 29.5 Å². The molecule has 4 rings (SSSR count). The predicted octanol–water partition coefficient (Wildman–Crippen LogP) is 2.59. The Morgan fingerprint density at radius 3 is 2.83 bits per heavy atom. The van der Waals surface area contributed by atoms with Crippen molar-refractivity contribution in [3.63, 3.8) is 0 Å². The van der Waals surface area contributed by atoms with E-state index in [2.05, 4.69) is 5.32 Å². The molecule has 0 unspecified atom stereocenters. The first-order valence-corrected chi connectivity index (χ1v) is 10.5. The molecule has 2 aliphatic rings. The Morgan fingerprint density at radius 1 is 1.31 bits per heavy atom. The van der Waals surface area contributed by atoms with Gasteiger partial charge >= 0.3 is 5.97 Å². The standard InChI is InChI=1S/C21H22N2O5S/c1-14(17-8-5-11-27-17)22-18(24)12-28-20(26)16-13-29-21(10-9-19(25)23(16)21)15-6-3-2-4-7-15/h2-8,11,14,16H,9-10,12-13H2,1H3,(H,22,24)/t14-,16-,21+/m0/s1. The van der Waals surface area contributed by atoms with Crippen LogP contribution < -0.4 is 5.32 Å². The van der Waals surface area contributed by atoms with Crippen LogP contribution in [0.4, 0.5) is 0 Å². The minimum atomic E-state index is -0.689. The number of furan rings is 1. The number of nitrogens with one attached hydrogen (secondary N) is 1. The van der Waals surface area contributed by atoms with E-state index in [0.717, 1.165) is 5.56 Å². The lowest BCUT2D eigenvalue weighted by molar-refractivity contribution is -0.156. The minimum Gasteiger partial charge on any atom is -0.467 e. The molecule has 1 aromatic heterocycles. The Bertz CT molecular complexity index is 901. The molecule has 3 heterocycles. The van der Waals surface area contributed by atoms with Crippen molar-refractivity contribution in [3.05, 3.63) is 60.1 Å². The first kappa shape index (κ1) is 19.6. The molecule has 0 saturated carbocycles. The third-order valence-electron chi connectivity index (χ3n) is 5.32. The summed E-state index contributed by atoms with van der Waals surface area (Å²) in [6, 6.07) is 12.2. The summed E-state index contributed by atoms with van der Waals surface area (Å²) >= 11 is 1.59. The van der Waals surface area contributed by atoms with Gasteiger partial charge in [-0.2, -0.15) is 0 Å². The van der Waals surface area contributed by atoms with Crippen molar-refractivity contribution in [3.8, 4) is 0 Å². The lowest BCUT2D eigenvalue weighted by Gasteiger charge is -2.33. The van der Waals surface area contributed by atoms with E-state index in [1.807, 2.05) is 30.3 Å². The van der Waals surface area contributed by atoms with Gasteiger partial charge in [-0.25, -0.2) is 4.79 Å². The maximum atomic E-state index is 12.7. The van der Waals surface area contributed by atoms with Crippen LogP contribution in [0.5, 0.6) is 0 Å². The molecule has 2 aromatic rings. The van der Waals surface area contributed by atoms with E-state index in [1.165, 1.54) is 6.26 Å². The molecule has 7 nitrogen and oxygen atoms in total. The van der Waals surface area contributed by atoms with Crippen LogP contribution in [-0.2, 0) is 24.0 Å². The number of benzene rings is 1. The molecular weight excluding hydrogens is 392 g/mol. The van der Waals surface area contributed by atoms with Crippen molar-refractivity contribution in [2.24, 2.45) is 0 Å². The minimum absolute atomic E-state index is 0.0586. The number of ether oxygens (including phenoxy) is 1. The number of rotatable bonds is 6. The molecular formula is C21H22N2O5S. The molecule has 0 radical (unpaired) electrons. The fourth-order valence-corrected chi connectivity index (χ4v) is 5.58. The Labute approximate surface area is 172 Å². The Balaban J connectivity index is 1.39. The topological polar surface area (TPSA) is 88.8 Å². The first-order valence-electron chi connectivity index (χ1n) is 9.52. The number of carbonyl (C=O) groups is 3. The summed E-state index contributed by atoms with van der Waals surface area (Å²) in [4.78, 5) is 38.5. The lowest BCUT2D eigenvalue weighted by Crippen LogP contribution is -2.47. The summed E-state index contributed by atoms with van der Waals surface area (Å²) in [5, 5.41) is 2.72. The third-order valence-corrected chi connectivity index (χ3v) is 6.91. The maximum Gasteiger partial charge on any atom is 0.330 e. The molecule has 2 saturated heterocycles. The first-order chi connectivity index (χ1) is 14.0. The number of fused-ring (bicyclic) bond motifs is 1. The molecule has 3 atom stereocenters. The molecule has 2 amide bonds. The van der Waals surface area contributed by atoms with Crippen LogP contribution in [0, 0.1) is 0 Å². The van der Waals surface area contributed by atoms with Crippen LogP contribution in [0.1, 0.15) is 37.1 Å². The average Bonchev–Trinajstić information content (AvgIpc) is 3.45. The Morgan fingerprint density at radius 2 is 2.10 bits per heavy atom. The average molecular weight is 414 g/mol. The summed E-state index contributed by atoms with van der Waals surface area (Å²) in [6.45, 7) is 1.38. The van der Waals surface area contributed by atoms with Gasteiger partial charge in [-0.05, 0) is 31.0 Å². The fourth-order valence-electron chi connectivity index (χ4n) is 3.94. The SMILES string of the molecule is C[C@H](NC(=O)COC(=O)[C@@H]1CS[C@@]2(c3ccccc3)CCC(=O)N12)c1ccco1. The largest absolute Gasteiger partial charge is 0.467 e. The fraction of sp³-hybridized carbons (Fsp3) is 0.381. The van der Waals surface area contributed by atoms with Crippen LogP contribution >= 0.6 is 11.8 Å². The molecule has 152 valence electrons. The molecule has 29 heavy (non-hydrogen) atoms. The Kier molecular flexibility index (Phi) is 5.36. The van der Waals surface area contributed by atoms with Gasteiger partial charge < -0.3 is 19.4 Å².